The van der Waals surface area contributed by atoms with Crippen LogP contribution in [0, 0.1) is 11.7 Å². The van der Waals surface area contributed by atoms with Crippen molar-refractivity contribution in [2.75, 3.05) is 30.9 Å². The molecular formula is C30H34FN3O2. The highest BCUT2D eigenvalue weighted by molar-refractivity contribution is 6.04. The Hall–Kier alpha value is -3.67. The van der Waals surface area contributed by atoms with Gasteiger partial charge in [0.05, 0.1) is 5.92 Å². The summed E-state index contributed by atoms with van der Waals surface area (Å²) in [6.45, 7) is 3.24. The smallest absolute Gasteiger partial charge is 0.255 e. The molecule has 1 atom stereocenters. The fourth-order valence-corrected chi connectivity index (χ4v) is 4.57. The van der Waals surface area contributed by atoms with E-state index in [4.69, 9.17) is 0 Å². The van der Waals surface area contributed by atoms with Gasteiger partial charge in [0.2, 0.25) is 5.91 Å². The SMILES string of the molecule is CC[C@@H](C(=O)N(Cc1cc(NC(=O)c2cccc(F)c2)ccc1N(C)C)CC1CC1)c1ccccc1. The van der Waals surface area contributed by atoms with E-state index in [0.717, 1.165) is 42.6 Å². The second kappa shape index (κ2) is 11.4. The molecule has 5 nitrogen and oxygen atoms in total. The standard InChI is InChI=1S/C30H34FN3O2/c1-4-27(22-9-6-5-7-10-22)30(36)34(19-21-13-14-21)20-24-18-26(15-16-28(24)33(2)3)32-29(35)23-11-8-12-25(31)17-23/h5-12,15-18,21,27H,4,13-14,19-20H2,1-3H3,(H,32,35)/t27-/m1/s1. The molecule has 0 radical (unpaired) electrons. The summed E-state index contributed by atoms with van der Waals surface area (Å²) in [5, 5.41) is 2.88. The molecule has 1 saturated carbocycles. The van der Waals surface area contributed by atoms with E-state index in [1.807, 2.05) is 72.4 Å². The van der Waals surface area contributed by atoms with E-state index < -0.39 is 5.82 Å². The third-order valence-corrected chi connectivity index (χ3v) is 6.66. The van der Waals surface area contributed by atoms with Gasteiger partial charge < -0.3 is 15.1 Å². The highest BCUT2D eigenvalue weighted by atomic mass is 19.1. The Labute approximate surface area is 212 Å². The maximum Gasteiger partial charge on any atom is 0.255 e. The van der Waals surface area contributed by atoms with E-state index in [9.17, 15) is 14.0 Å². The molecule has 0 unspecified atom stereocenters. The molecule has 0 bridgehead atoms. The molecule has 4 rings (SSSR count). The van der Waals surface area contributed by atoms with E-state index in [1.54, 1.807) is 6.07 Å². The van der Waals surface area contributed by atoms with Gasteiger partial charge in [-0.1, -0.05) is 43.3 Å². The molecule has 0 aliphatic heterocycles. The maximum atomic E-state index is 13.8. The summed E-state index contributed by atoms with van der Waals surface area (Å²) in [5.41, 5.74) is 3.84. The lowest BCUT2D eigenvalue weighted by molar-refractivity contribution is -0.133. The van der Waals surface area contributed by atoms with Crippen LogP contribution in [-0.2, 0) is 11.3 Å². The van der Waals surface area contributed by atoms with Crippen molar-refractivity contribution in [1.29, 1.82) is 0 Å². The van der Waals surface area contributed by atoms with E-state index in [0.29, 0.717) is 18.2 Å². The van der Waals surface area contributed by atoms with Crippen LogP contribution in [-0.4, -0.2) is 37.4 Å². The molecule has 1 aliphatic carbocycles. The summed E-state index contributed by atoms with van der Waals surface area (Å²) in [6.07, 6.45) is 3.03. The number of nitrogens with zero attached hydrogens (tertiary/aromatic N) is 2. The van der Waals surface area contributed by atoms with Crippen LogP contribution >= 0.6 is 0 Å². The van der Waals surface area contributed by atoms with Crippen molar-refractivity contribution in [1.82, 2.24) is 4.90 Å². The normalized spacial score (nSPS) is 13.7. The maximum absolute atomic E-state index is 13.8. The average Bonchev–Trinajstić information content (AvgIpc) is 3.69. The first-order valence-electron chi connectivity index (χ1n) is 12.6. The van der Waals surface area contributed by atoms with Gasteiger partial charge in [-0.2, -0.15) is 0 Å². The molecule has 6 heteroatoms. The van der Waals surface area contributed by atoms with Gasteiger partial charge in [-0.3, -0.25) is 9.59 Å². The predicted octanol–water partition coefficient (Wildman–Crippen LogP) is 6.08. The van der Waals surface area contributed by atoms with Gasteiger partial charge in [-0.15, -0.1) is 0 Å². The van der Waals surface area contributed by atoms with E-state index in [1.165, 1.54) is 18.2 Å². The zero-order valence-electron chi connectivity index (χ0n) is 21.2. The van der Waals surface area contributed by atoms with E-state index >= 15 is 0 Å². The molecule has 0 aromatic heterocycles. The second-order valence-corrected chi connectivity index (χ2v) is 9.74. The molecular weight excluding hydrogens is 453 g/mol. The lowest BCUT2D eigenvalue weighted by Crippen LogP contribution is -2.36. The van der Waals surface area contributed by atoms with Crippen molar-refractivity contribution < 1.29 is 14.0 Å². The molecule has 2 amide bonds. The first kappa shape index (κ1) is 25.4. The van der Waals surface area contributed by atoms with Crippen LogP contribution in [0.2, 0.25) is 0 Å². The number of hydrogen-bond donors (Lipinski definition) is 1. The Balaban J connectivity index is 1.60. The number of hydrogen-bond acceptors (Lipinski definition) is 3. The topological polar surface area (TPSA) is 52.7 Å². The Kier molecular flexibility index (Phi) is 8.04. The minimum Gasteiger partial charge on any atom is -0.377 e. The third-order valence-electron chi connectivity index (χ3n) is 6.66. The lowest BCUT2D eigenvalue weighted by Gasteiger charge is -2.29. The highest BCUT2D eigenvalue weighted by Crippen LogP contribution is 2.33. The number of amides is 2. The molecule has 1 aliphatic rings. The van der Waals surface area contributed by atoms with Crippen molar-refractivity contribution in [2.45, 2.75) is 38.6 Å². The molecule has 0 heterocycles. The Morgan fingerprint density at radius 2 is 1.75 bits per heavy atom. The van der Waals surface area contributed by atoms with Crippen molar-refractivity contribution in [2.24, 2.45) is 5.92 Å². The Morgan fingerprint density at radius 1 is 1.00 bits per heavy atom. The molecule has 36 heavy (non-hydrogen) atoms. The van der Waals surface area contributed by atoms with Crippen LogP contribution in [0.4, 0.5) is 15.8 Å². The van der Waals surface area contributed by atoms with E-state index in [2.05, 4.69) is 12.2 Å². The van der Waals surface area contributed by atoms with Gasteiger partial charge in [0.25, 0.3) is 5.91 Å². The molecule has 3 aromatic rings. The number of benzene rings is 3. The molecule has 3 aromatic carbocycles. The van der Waals surface area contributed by atoms with Crippen molar-refractivity contribution >= 4 is 23.2 Å². The van der Waals surface area contributed by atoms with Gasteiger partial charge >= 0.3 is 0 Å². The quantitative estimate of drug-likeness (QED) is 0.377. The van der Waals surface area contributed by atoms with Gasteiger partial charge in [0, 0.05) is 44.1 Å². The Bertz CT molecular complexity index is 1210. The number of carbonyl (C=O) groups is 2. The van der Waals surface area contributed by atoms with Crippen LogP contribution in [0.15, 0.2) is 72.8 Å². The van der Waals surface area contributed by atoms with Crippen LogP contribution < -0.4 is 10.2 Å². The minimum absolute atomic E-state index is 0.134. The summed E-state index contributed by atoms with van der Waals surface area (Å²) < 4.78 is 13.6. The number of carbonyl (C=O) groups excluding carboxylic acids is 2. The predicted molar refractivity (Wildman–Crippen MR) is 143 cm³/mol. The molecule has 0 saturated heterocycles. The lowest BCUT2D eigenvalue weighted by atomic mass is 9.94. The van der Waals surface area contributed by atoms with Crippen molar-refractivity contribution in [3.63, 3.8) is 0 Å². The number of halogens is 1. The van der Waals surface area contributed by atoms with Crippen molar-refractivity contribution in [3.05, 3.63) is 95.3 Å². The first-order valence-corrected chi connectivity index (χ1v) is 12.6. The average molecular weight is 488 g/mol. The van der Waals surface area contributed by atoms with Crippen LogP contribution in [0.3, 0.4) is 0 Å². The third kappa shape index (κ3) is 6.30. The van der Waals surface area contributed by atoms with E-state index in [-0.39, 0.29) is 23.3 Å². The summed E-state index contributed by atoms with van der Waals surface area (Å²) in [6, 6.07) is 21.3. The number of anilines is 2. The summed E-state index contributed by atoms with van der Waals surface area (Å²) in [7, 11) is 3.94. The Morgan fingerprint density at radius 3 is 2.39 bits per heavy atom. The molecule has 1 N–H and O–H groups in total. The zero-order valence-corrected chi connectivity index (χ0v) is 21.2. The number of nitrogens with one attached hydrogen (secondary N) is 1. The molecule has 0 spiro atoms. The summed E-state index contributed by atoms with van der Waals surface area (Å²) in [5.74, 6) is -0.345. The zero-order chi connectivity index (χ0) is 25.7. The van der Waals surface area contributed by atoms with Gasteiger partial charge in [0.15, 0.2) is 0 Å². The fraction of sp³-hybridized carbons (Fsp3) is 0.333. The monoisotopic (exact) mass is 487 g/mol. The van der Waals surface area contributed by atoms with Gasteiger partial charge in [-0.05, 0) is 72.7 Å². The molecule has 188 valence electrons. The largest absolute Gasteiger partial charge is 0.377 e. The first-order chi connectivity index (χ1) is 17.4. The molecule has 1 fully saturated rings. The van der Waals surface area contributed by atoms with Crippen molar-refractivity contribution in [3.8, 4) is 0 Å². The van der Waals surface area contributed by atoms with Crippen LogP contribution in [0.5, 0.6) is 0 Å². The second-order valence-electron chi connectivity index (χ2n) is 9.74. The number of rotatable bonds is 10. The summed E-state index contributed by atoms with van der Waals surface area (Å²) >= 11 is 0. The van der Waals surface area contributed by atoms with Gasteiger partial charge in [0.1, 0.15) is 5.82 Å². The summed E-state index contributed by atoms with van der Waals surface area (Å²) in [4.78, 5) is 30.5. The van der Waals surface area contributed by atoms with Crippen LogP contribution in [0.1, 0.15) is 53.6 Å². The van der Waals surface area contributed by atoms with Crippen LogP contribution in [0.25, 0.3) is 0 Å². The van der Waals surface area contributed by atoms with Gasteiger partial charge in [-0.25, -0.2) is 4.39 Å². The minimum atomic E-state index is -0.454. The fourth-order valence-electron chi connectivity index (χ4n) is 4.57. The highest BCUT2D eigenvalue weighted by Gasteiger charge is 2.31.